The van der Waals surface area contributed by atoms with E-state index < -0.39 is 0 Å². The van der Waals surface area contributed by atoms with Gasteiger partial charge in [0, 0.05) is 0 Å². The second-order valence-corrected chi connectivity index (χ2v) is 7.00. The smallest absolute Gasteiger partial charge is 0.238 e. The maximum absolute atomic E-state index is 12.9. The van der Waals surface area contributed by atoms with Gasteiger partial charge in [0.2, 0.25) is 11.8 Å². The Morgan fingerprint density at radius 3 is 1.95 bits per heavy atom. The zero-order valence-corrected chi connectivity index (χ0v) is 11.9. The first kappa shape index (κ1) is 11.7. The van der Waals surface area contributed by atoms with Crippen molar-refractivity contribution >= 4 is 17.5 Å². The zero-order chi connectivity index (χ0) is 14.3. The normalized spacial score (nSPS) is 42.2. The van der Waals surface area contributed by atoms with Crippen LogP contribution in [-0.4, -0.2) is 11.8 Å². The molecule has 5 aliphatic rings. The van der Waals surface area contributed by atoms with E-state index >= 15 is 0 Å². The Morgan fingerprint density at radius 2 is 1.43 bits per heavy atom. The van der Waals surface area contributed by atoms with Crippen LogP contribution in [-0.2, 0) is 9.59 Å². The molecular weight excluding hydrogens is 262 g/mol. The van der Waals surface area contributed by atoms with Gasteiger partial charge in [-0.15, -0.1) is 0 Å². The highest BCUT2D eigenvalue weighted by Gasteiger charge is 2.67. The zero-order valence-electron chi connectivity index (χ0n) is 11.9. The van der Waals surface area contributed by atoms with Crippen LogP contribution in [0.1, 0.15) is 12.0 Å². The van der Waals surface area contributed by atoms with Crippen LogP contribution < -0.4 is 4.90 Å². The number of nitrogens with zero attached hydrogens (tertiary/aromatic N) is 1. The summed E-state index contributed by atoms with van der Waals surface area (Å²) < 4.78 is 0. The number of allylic oxidation sites excluding steroid dienone is 2. The largest absolute Gasteiger partial charge is 0.274 e. The number of amides is 2. The van der Waals surface area contributed by atoms with Crippen molar-refractivity contribution in [2.45, 2.75) is 13.3 Å². The maximum Gasteiger partial charge on any atom is 0.238 e. The van der Waals surface area contributed by atoms with Crippen LogP contribution >= 0.6 is 0 Å². The Kier molecular flexibility index (Phi) is 2.04. The van der Waals surface area contributed by atoms with Gasteiger partial charge in [0.25, 0.3) is 0 Å². The van der Waals surface area contributed by atoms with E-state index in [2.05, 4.69) is 12.2 Å². The first-order valence-electron chi connectivity index (χ1n) is 7.79. The standard InChI is InChI=1S/C18H17NO2/c1-9-2-4-10(5-3-9)19-17(20)15-11-6-7-12(14-8-13(11)14)16(15)18(19)21/h2-7,11-16H,8H2,1H3/t11-,12+,13-,14-,15+,16+/m1/s1. The molecule has 4 aliphatic carbocycles. The number of carbonyl (C=O) groups excluding carboxylic acids is 2. The molecule has 3 nitrogen and oxygen atoms in total. The number of aryl methyl sites for hydroxylation is 1. The molecule has 1 aliphatic heterocycles. The minimum absolute atomic E-state index is 0.0264. The van der Waals surface area contributed by atoms with E-state index in [0.29, 0.717) is 23.7 Å². The van der Waals surface area contributed by atoms with Crippen molar-refractivity contribution in [3.05, 3.63) is 42.0 Å². The molecule has 0 spiro atoms. The van der Waals surface area contributed by atoms with E-state index in [-0.39, 0.29) is 23.7 Å². The summed E-state index contributed by atoms with van der Waals surface area (Å²) in [6.45, 7) is 2.01. The summed E-state index contributed by atoms with van der Waals surface area (Å²) in [6, 6.07) is 7.70. The first-order valence-corrected chi connectivity index (χ1v) is 7.79. The van der Waals surface area contributed by atoms with Gasteiger partial charge in [0.1, 0.15) is 0 Å². The molecule has 1 saturated heterocycles. The van der Waals surface area contributed by atoms with Crippen LogP contribution in [0.2, 0.25) is 0 Å². The number of imide groups is 1. The molecule has 3 fully saturated rings. The summed E-state index contributed by atoms with van der Waals surface area (Å²) in [5.74, 6) is 1.79. The van der Waals surface area contributed by atoms with E-state index in [9.17, 15) is 9.59 Å². The van der Waals surface area contributed by atoms with Crippen LogP contribution in [0.25, 0.3) is 0 Å². The Balaban J connectivity index is 1.58. The predicted octanol–water partition coefficient (Wildman–Crippen LogP) is 2.55. The quantitative estimate of drug-likeness (QED) is 0.585. The van der Waals surface area contributed by atoms with Gasteiger partial charge in [-0.1, -0.05) is 29.8 Å². The number of hydrogen-bond acceptors (Lipinski definition) is 2. The molecule has 2 bridgehead atoms. The van der Waals surface area contributed by atoms with Gasteiger partial charge in [-0.3, -0.25) is 14.5 Å². The molecule has 1 aromatic rings. The molecule has 6 atom stereocenters. The van der Waals surface area contributed by atoms with Gasteiger partial charge in [0.15, 0.2) is 0 Å². The molecular formula is C18H17NO2. The summed E-state index contributed by atoms with van der Waals surface area (Å²) in [5.41, 5.74) is 1.87. The summed E-state index contributed by atoms with van der Waals surface area (Å²) in [5, 5.41) is 0. The summed E-state index contributed by atoms with van der Waals surface area (Å²) in [6.07, 6.45) is 5.63. The fourth-order valence-electron chi connectivity index (χ4n) is 4.91. The Bertz CT molecular complexity index is 654. The van der Waals surface area contributed by atoms with Gasteiger partial charge in [0.05, 0.1) is 17.5 Å². The van der Waals surface area contributed by atoms with E-state index in [1.54, 1.807) is 0 Å². The molecule has 1 aromatic carbocycles. The molecule has 0 aromatic heterocycles. The van der Waals surface area contributed by atoms with Gasteiger partial charge in [-0.05, 0) is 49.1 Å². The fourth-order valence-corrected chi connectivity index (χ4v) is 4.91. The molecule has 0 unspecified atom stereocenters. The van der Waals surface area contributed by atoms with Crippen molar-refractivity contribution in [3.8, 4) is 0 Å². The summed E-state index contributed by atoms with van der Waals surface area (Å²) in [4.78, 5) is 27.2. The minimum atomic E-state index is -0.0995. The van der Waals surface area contributed by atoms with Crippen LogP contribution in [0, 0.1) is 42.4 Å². The van der Waals surface area contributed by atoms with Crippen molar-refractivity contribution < 1.29 is 9.59 Å². The molecule has 2 saturated carbocycles. The van der Waals surface area contributed by atoms with E-state index in [1.807, 2.05) is 31.2 Å². The number of hydrogen-bond donors (Lipinski definition) is 0. The lowest BCUT2D eigenvalue weighted by Gasteiger charge is -2.37. The Morgan fingerprint density at radius 1 is 0.905 bits per heavy atom. The highest BCUT2D eigenvalue weighted by Crippen LogP contribution is 2.65. The second kappa shape index (κ2) is 3.65. The molecule has 106 valence electrons. The predicted molar refractivity (Wildman–Crippen MR) is 78.4 cm³/mol. The molecule has 0 radical (unpaired) electrons. The second-order valence-electron chi connectivity index (χ2n) is 7.00. The lowest BCUT2D eigenvalue weighted by Crippen LogP contribution is -2.40. The lowest BCUT2D eigenvalue weighted by molar-refractivity contribution is -0.124. The molecule has 21 heavy (non-hydrogen) atoms. The highest BCUT2D eigenvalue weighted by atomic mass is 16.2. The van der Waals surface area contributed by atoms with Crippen molar-refractivity contribution in [3.63, 3.8) is 0 Å². The average Bonchev–Trinajstić information content (AvgIpc) is 3.26. The lowest BCUT2D eigenvalue weighted by atomic mass is 9.63. The molecule has 0 N–H and O–H groups in total. The van der Waals surface area contributed by atoms with Gasteiger partial charge < -0.3 is 0 Å². The fraction of sp³-hybridized carbons (Fsp3) is 0.444. The third-order valence-corrected chi connectivity index (χ3v) is 5.95. The molecule has 2 amide bonds. The summed E-state index contributed by atoms with van der Waals surface area (Å²) >= 11 is 0. The van der Waals surface area contributed by atoms with Crippen LogP contribution in [0.4, 0.5) is 5.69 Å². The van der Waals surface area contributed by atoms with Crippen LogP contribution in [0.5, 0.6) is 0 Å². The summed E-state index contributed by atoms with van der Waals surface area (Å²) in [7, 11) is 0. The first-order chi connectivity index (χ1) is 10.2. The number of carbonyl (C=O) groups is 2. The van der Waals surface area contributed by atoms with E-state index in [4.69, 9.17) is 0 Å². The SMILES string of the molecule is Cc1ccc(N2C(=O)[C@H]3[C@@H]4C=C[C@@H]([C@H]5C[C@H]45)[C@@H]3C2=O)cc1. The average molecular weight is 279 g/mol. The van der Waals surface area contributed by atoms with Gasteiger partial charge >= 0.3 is 0 Å². The number of anilines is 1. The van der Waals surface area contributed by atoms with Crippen LogP contribution in [0.3, 0.4) is 0 Å². The highest BCUT2D eigenvalue weighted by molar-refractivity contribution is 6.22. The van der Waals surface area contributed by atoms with Crippen LogP contribution in [0.15, 0.2) is 36.4 Å². The topological polar surface area (TPSA) is 37.4 Å². The molecule has 1 heterocycles. The monoisotopic (exact) mass is 279 g/mol. The van der Waals surface area contributed by atoms with Crippen molar-refractivity contribution in [2.75, 3.05) is 4.90 Å². The number of rotatable bonds is 1. The van der Waals surface area contributed by atoms with Crippen molar-refractivity contribution in [1.82, 2.24) is 0 Å². The Hall–Kier alpha value is -1.90. The molecule has 3 heteroatoms. The van der Waals surface area contributed by atoms with Crippen molar-refractivity contribution in [1.29, 1.82) is 0 Å². The number of benzene rings is 1. The molecule has 6 rings (SSSR count). The van der Waals surface area contributed by atoms with Crippen molar-refractivity contribution in [2.24, 2.45) is 35.5 Å². The van der Waals surface area contributed by atoms with E-state index in [1.165, 1.54) is 11.3 Å². The third kappa shape index (κ3) is 1.34. The van der Waals surface area contributed by atoms with Gasteiger partial charge in [-0.25, -0.2) is 0 Å². The Labute approximate surface area is 123 Å². The maximum atomic E-state index is 12.9. The third-order valence-electron chi connectivity index (χ3n) is 5.95. The minimum Gasteiger partial charge on any atom is -0.274 e. The van der Waals surface area contributed by atoms with E-state index in [0.717, 1.165) is 11.3 Å². The van der Waals surface area contributed by atoms with Gasteiger partial charge in [-0.2, -0.15) is 0 Å².